The normalized spacial score (nSPS) is 12.4. The molecule has 0 radical (unpaired) electrons. The van der Waals surface area contributed by atoms with E-state index in [9.17, 15) is 30.4 Å². The molecule has 0 atom stereocenters. The molecule has 25 heavy (non-hydrogen) atoms. The average Bonchev–Trinajstić information content (AvgIpc) is 2.89. The molecule has 0 saturated carbocycles. The molecule has 5 nitrogen and oxygen atoms in total. The SMILES string of the molecule is COc1cc(F)c(-c2nsc(C(F)(F)F)c2CS(=O)(=O)OC)c(F)c1. The standard InChI is InChI=1S/C13H10F5NO4S2/c1-22-6-3-8(14)10(9(15)4-6)11-7(5-25(20,21)23-2)12(24-19-11)13(16,17)18/h3-4H,5H2,1-2H3. The summed E-state index contributed by atoms with van der Waals surface area (Å²) in [6, 6.07) is 1.50. The van der Waals surface area contributed by atoms with E-state index in [4.69, 9.17) is 0 Å². The average molecular weight is 403 g/mol. The molecule has 0 N–H and O–H groups in total. The van der Waals surface area contributed by atoms with Gasteiger partial charge in [0.2, 0.25) is 0 Å². The van der Waals surface area contributed by atoms with Crippen LogP contribution in [0.3, 0.4) is 0 Å². The quantitative estimate of drug-likeness (QED) is 0.564. The Hall–Kier alpha value is -1.79. The van der Waals surface area contributed by atoms with E-state index in [0.29, 0.717) is 0 Å². The van der Waals surface area contributed by atoms with Crippen LogP contribution in [0.15, 0.2) is 12.1 Å². The van der Waals surface area contributed by atoms with E-state index in [1.807, 2.05) is 0 Å². The van der Waals surface area contributed by atoms with Crippen molar-refractivity contribution < 1.29 is 39.3 Å². The third-order valence-corrected chi connectivity index (χ3v) is 5.19. The number of hydrogen-bond acceptors (Lipinski definition) is 6. The number of halogens is 5. The van der Waals surface area contributed by atoms with Crippen molar-refractivity contribution in [2.45, 2.75) is 11.9 Å². The van der Waals surface area contributed by atoms with Gasteiger partial charge in [0.15, 0.2) is 0 Å². The molecule has 2 aromatic rings. The third kappa shape index (κ3) is 4.07. The first-order valence-corrected chi connectivity index (χ1v) is 8.72. The summed E-state index contributed by atoms with van der Waals surface area (Å²) in [4.78, 5) is -1.38. The molecule has 0 aliphatic rings. The first kappa shape index (κ1) is 19.5. The van der Waals surface area contributed by atoms with Crippen molar-refractivity contribution in [2.24, 2.45) is 0 Å². The lowest BCUT2D eigenvalue weighted by molar-refractivity contribution is -0.134. The molecule has 1 heterocycles. The fourth-order valence-electron chi connectivity index (χ4n) is 1.99. The van der Waals surface area contributed by atoms with Crippen molar-refractivity contribution in [2.75, 3.05) is 14.2 Å². The number of hydrogen-bond donors (Lipinski definition) is 0. The second-order valence-corrected chi connectivity index (χ2v) is 7.18. The highest BCUT2D eigenvalue weighted by molar-refractivity contribution is 7.85. The van der Waals surface area contributed by atoms with Crippen LogP contribution in [0.1, 0.15) is 10.4 Å². The predicted molar refractivity (Wildman–Crippen MR) is 78.7 cm³/mol. The lowest BCUT2D eigenvalue weighted by Crippen LogP contribution is -2.12. The summed E-state index contributed by atoms with van der Waals surface area (Å²) in [5, 5.41) is 0. The predicted octanol–water partition coefficient (Wildman–Crippen LogP) is 3.59. The zero-order valence-electron chi connectivity index (χ0n) is 12.6. The van der Waals surface area contributed by atoms with Crippen molar-refractivity contribution >= 4 is 21.7 Å². The summed E-state index contributed by atoms with van der Waals surface area (Å²) in [7, 11) is -2.49. The van der Waals surface area contributed by atoms with Crippen molar-refractivity contribution in [1.29, 1.82) is 0 Å². The minimum Gasteiger partial charge on any atom is -0.497 e. The topological polar surface area (TPSA) is 65.5 Å². The van der Waals surface area contributed by atoms with Crippen molar-refractivity contribution in [1.82, 2.24) is 4.37 Å². The first-order valence-electron chi connectivity index (χ1n) is 6.37. The molecule has 0 aliphatic carbocycles. The summed E-state index contributed by atoms with van der Waals surface area (Å²) >= 11 is -0.103. The molecule has 0 fully saturated rings. The lowest BCUT2D eigenvalue weighted by Gasteiger charge is -2.10. The summed E-state index contributed by atoms with van der Waals surface area (Å²) in [6.45, 7) is 0. The Labute approximate surface area is 143 Å². The monoisotopic (exact) mass is 403 g/mol. The molecule has 0 bridgehead atoms. The highest BCUT2D eigenvalue weighted by atomic mass is 32.2. The van der Waals surface area contributed by atoms with Crippen molar-refractivity contribution in [3.8, 4) is 17.0 Å². The zero-order chi connectivity index (χ0) is 19.0. The molecule has 0 aliphatic heterocycles. The number of nitrogens with zero attached hydrogens (tertiary/aromatic N) is 1. The van der Waals surface area contributed by atoms with Gasteiger partial charge in [0, 0.05) is 17.7 Å². The largest absolute Gasteiger partial charge is 0.497 e. The minimum absolute atomic E-state index is 0.103. The molecule has 2 rings (SSSR count). The summed E-state index contributed by atoms with van der Waals surface area (Å²) in [5.74, 6) is -3.93. The van der Waals surface area contributed by atoms with Crippen LogP contribution in [0.2, 0.25) is 0 Å². The smallest absolute Gasteiger partial charge is 0.427 e. The fourth-order valence-corrected chi connectivity index (χ4v) is 3.60. The van der Waals surface area contributed by atoms with Gasteiger partial charge in [0.25, 0.3) is 10.1 Å². The second kappa shape index (κ2) is 6.84. The van der Waals surface area contributed by atoms with Crippen LogP contribution in [-0.2, 0) is 26.2 Å². The van der Waals surface area contributed by atoms with Crippen molar-refractivity contribution in [3.63, 3.8) is 0 Å². The first-order chi connectivity index (χ1) is 11.5. The highest BCUT2D eigenvalue weighted by Gasteiger charge is 2.40. The minimum atomic E-state index is -4.95. The third-order valence-electron chi connectivity index (χ3n) is 3.11. The molecule has 0 spiro atoms. The van der Waals surface area contributed by atoms with Gasteiger partial charge < -0.3 is 4.74 Å². The van der Waals surface area contributed by atoms with Crippen LogP contribution >= 0.6 is 11.5 Å². The zero-order valence-corrected chi connectivity index (χ0v) is 14.3. The van der Waals surface area contributed by atoms with E-state index < -0.39 is 55.4 Å². The molecular formula is C13H10F5NO4S2. The van der Waals surface area contributed by atoms with Gasteiger partial charge in [-0.05, 0) is 11.5 Å². The number of ether oxygens (including phenoxy) is 1. The van der Waals surface area contributed by atoms with Gasteiger partial charge in [-0.3, -0.25) is 4.18 Å². The Balaban J connectivity index is 2.73. The number of rotatable bonds is 5. The van der Waals surface area contributed by atoms with E-state index in [1.54, 1.807) is 0 Å². The molecular weight excluding hydrogens is 393 g/mol. The lowest BCUT2D eigenvalue weighted by atomic mass is 10.1. The number of benzene rings is 1. The van der Waals surface area contributed by atoms with E-state index >= 15 is 0 Å². The summed E-state index contributed by atoms with van der Waals surface area (Å²) in [6.07, 6.45) is -4.95. The maximum absolute atomic E-state index is 14.2. The van der Waals surface area contributed by atoms with Crippen LogP contribution in [0.4, 0.5) is 22.0 Å². The molecule has 1 aromatic heterocycles. The van der Waals surface area contributed by atoms with Crippen molar-refractivity contribution in [3.05, 3.63) is 34.2 Å². The van der Waals surface area contributed by atoms with Crippen LogP contribution < -0.4 is 4.74 Å². The molecule has 12 heteroatoms. The van der Waals surface area contributed by atoms with Gasteiger partial charge in [-0.2, -0.15) is 26.0 Å². The Morgan fingerprint density at radius 2 is 1.72 bits per heavy atom. The van der Waals surface area contributed by atoms with Gasteiger partial charge in [0.1, 0.15) is 28.0 Å². The maximum Gasteiger partial charge on any atom is 0.427 e. The molecule has 1 aromatic carbocycles. The number of alkyl halides is 3. The van der Waals surface area contributed by atoms with Crippen LogP contribution in [0.25, 0.3) is 11.3 Å². The Morgan fingerprint density at radius 1 is 1.16 bits per heavy atom. The van der Waals surface area contributed by atoms with Gasteiger partial charge >= 0.3 is 6.18 Å². The van der Waals surface area contributed by atoms with Gasteiger partial charge in [-0.25, -0.2) is 8.78 Å². The number of methoxy groups -OCH3 is 1. The molecule has 0 unspecified atom stereocenters. The molecule has 0 saturated heterocycles. The van der Waals surface area contributed by atoms with Crippen LogP contribution in [0.5, 0.6) is 5.75 Å². The van der Waals surface area contributed by atoms with Gasteiger partial charge in [0.05, 0.1) is 25.5 Å². The van der Waals surface area contributed by atoms with E-state index in [-0.39, 0.29) is 17.3 Å². The maximum atomic E-state index is 14.2. The summed E-state index contributed by atoms with van der Waals surface area (Å²) < 4.78 is 103. The Kier molecular flexibility index (Phi) is 5.35. The van der Waals surface area contributed by atoms with Crippen LogP contribution in [-0.4, -0.2) is 27.0 Å². The van der Waals surface area contributed by atoms with E-state index in [2.05, 4.69) is 13.3 Å². The fraction of sp³-hybridized carbons (Fsp3) is 0.308. The van der Waals surface area contributed by atoms with Gasteiger partial charge in [-0.1, -0.05) is 0 Å². The second-order valence-electron chi connectivity index (χ2n) is 4.67. The van der Waals surface area contributed by atoms with Crippen LogP contribution in [0, 0.1) is 11.6 Å². The Bertz CT molecular complexity index is 869. The summed E-state index contributed by atoms with van der Waals surface area (Å²) in [5.41, 5.74) is -2.52. The van der Waals surface area contributed by atoms with Gasteiger partial charge in [-0.15, -0.1) is 0 Å². The van der Waals surface area contributed by atoms with E-state index in [1.165, 1.54) is 0 Å². The van der Waals surface area contributed by atoms with E-state index in [0.717, 1.165) is 26.4 Å². The Morgan fingerprint density at radius 3 is 2.16 bits per heavy atom. The molecule has 0 amide bonds. The molecule has 138 valence electrons. The number of aromatic nitrogens is 1. The highest BCUT2D eigenvalue weighted by Crippen LogP contribution is 2.42.